The van der Waals surface area contributed by atoms with E-state index in [9.17, 15) is 5.11 Å². The highest BCUT2D eigenvalue weighted by atomic mass is 32.1. The molecule has 116 valence electrons. The normalized spacial score (nSPS) is 11.5. The highest BCUT2D eigenvalue weighted by Crippen LogP contribution is 2.25. The van der Waals surface area contributed by atoms with Gasteiger partial charge in [0.1, 0.15) is 5.75 Å². The van der Waals surface area contributed by atoms with Crippen LogP contribution in [0, 0.1) is 6.92 Å². The van der Waals surface area contributed by atoms with Gasteiger partial charge in [-0.2, -0.15) is 5.10 Å². The summed E-state index contributed by atoms with van der Waals surface area (Å²) in [6.07, 6.45) is 0. The number of aromatic hydroxyl groups is 1. The minimum Gasteiger partial charge on any atom is -0.507 e. The van der Waals surface area contributed by atoms with E-state index in [-0.39, 0.29) is 5.75 Å². The van der Waals surface area contributed by atoms with Gasteiger partial charge < -0.3 is 5.11 Å². The number of nitrogens with zero attached hydrogens (tertiary/aromatic N) is 2. The van der Waals surface area contributed by atoms with Crippen LogP contribution in [-0.2, 0) is 0 Å². The summed E-state index contributed by atoms with van der Waals surface area (Å²) >= 11 is 1.50. The van der Waals surface area contributed by atoms with E-state index in [2.05, 4.69) is 46.7 Å². The van der Waals surface area contributed by atoms with E-state index in [1.807, 2.05) is 24.4 Å². The zero-order valence-corrected chi connectivity index (χ0v) is 13.8. The number of nitrogens with one attached hydrogen (secondary N) is 1. The Morgan fingerprint density at radius 1 is 1.13 bits per heavy atom. The van der Waals surface area contributed by atoms with E-state index in [0.717, 1.165) is 16.4 Å². The summed E-state index contributed by atoms with van der Waals surface area (Å²) in [5.41, 5.74) is 7.60. The van der Waals surface area contributed by atoms with Crippen molar-refractivity contribution in [3.8, 4) is 17.0 Å². The second kappa shape index (κ2) is 6.62. The Balaban J connectivity index is 1.75. The lowest BCUT2D eigenvalue weighted by Crippen LogP contribution is -1.99. The van der Waals surface area contributed by atoms with Crippen molar-refractivity contribution >= 4 is 22.2 Å². The Bertz CT molecular complexity index is 837. The molecule has 3 rings (SSSR count). The number of phenols is 1. The number of thiazole rings is 1. The standard InChI is InChI=1S/C18H17N3OS/c1-12-7-9-14(10-8-12)16-11-23-18(19-16)21-20-13(2)15-5-3-4-6-17(15)22/h3-11,22H,1-2H3,(H,19,21)/b20-13-. The van der Waals surface area contributed by atoms with Gasteiger partial charge in [0.25, 0.3) is 0 Å². The average Bonchev–Trinajstić information content (AvgIpc) is 3.03. The van der Waals surface area contributed by atoms with Crippen LogP contribution in [0.15, 0.2) is 59.0 Å². The van der Waals surface area contributed by atoms with Gasteiger partial charge in [-0.3, -0.25) is 5.43 Å². The topological polar surface area (TPSA) is 57.5 Å². The van der Waals surface area contributed by atoms with E-state index in [0.29, 0.717) is 11.3 Å². The molecule has 23 heavy (non-hydrogen) atoms. The van der Waals surface area contributed by atoms with Crippen LogP contribution in [-0.4, -0.2) is 15.8 Å². The Morgan fingerprint density at radius 2 is 1.87 bits per heavy atom. The van der Waals surface area contributed by atoms with Crippen molar-refractivity contribution in [2.24, 2.45) is 5.10 Å². The maximum atomic E-state index is 9.83. The summed E-state index contributed by atoms with van der Waals surface area (Å²) in [6, 6.07) is 15.4. The molecule has 0 saturated heterocycles. The van der Waals surface area contributed by atoms with Crippen molar-refractivity contribution in [3.63, 3.8) is 0 Å². The van der Waals surface area contributed by atoms with E-state index >= 15 is 0 Å². The fourth-order valence-corrected chi connectivity index (χ4v) is 2.81. The maximum absolute atomic E-state index is 9.83. The number of anilines is 1. The molecule has 1 aromatic heterocycles. The second-order valence-electron chi connectivity index (χ2n) is 5.23. The van der Waals surface area contributed by atoms with Crippen LogP contribution in [0.25, 0.3) is 11.3 Å². The van der Waals surface area contributed by atoms with Crippen LogP contribution in [0.3, 0.4) is 0 Å². The van der Waals surface area contributed by atoms with Crippen LogP contribution >= 0.6 is 11.3 Å². The first-order chi connectivity index (χ1) is 11.1. The minimum absolute atomic E-state index is 0.218. The van der Waals surface area contributed by atoms with Crippen LogP contribution in [0.4, 0.5) is 5.13 Å². The first kappa shape index (κ1) is 15.2. The number of rotatable bonds is 4. The van der Waals surface area contributed by atoms with Gasteiger partial charge in [0.15, 0.2) is 0 Å². The van der Waals surface area contributed by atoms with E-state index in [1.54, 1.807) is 12.1 Å². The van der Waals surface area contributed by atoms with Gasteiger partial charge in [-0.25, -0.2) is 4.98 Å². The van der Waals surface area contributed by atoms with Gasteiger partial charge in [0.05, 0.1) is 11.4 Å². The third kappa shape index (κ3) is 3.57. The molecule has 5 heteroatoms. The zero-order valence-electron chi connectivity index (χ0n) is 12.9. The fourth-order valence-electron chi connectivity index (χ4n) is 2.15. The third-order valence-electron chi connectivity index (χ3n) is 3.46. The molecule has 0 unspecified atom stereocenters. The Morgan fingerprint density at radius 3 is 2.61 bits per heavy atom. The second-order valence-corrected chi connectivity index (χ2v) is 6.09. The number of hydrogen-bond donors (Lipinski definition) is 2. The van der Waals surface area contributed by atoms with Crippen LogP contribution in [0.1, 0.15) is 18.1 Å². The number of hydrogen-bond acceptors (Lipinski definition) is 5. The summed E-state index contributed by atoms with van der Waals surface area (Å²) in [5.74, 6) is 0.218. The molecule has 0 radical (unpaired) electrons. The predicted octanol–water partition coefficient (Wildman–Crippen LogP) is 4.66. The van der Waals surface area contributed by atoms with Gasteiger partial charge in [0, 0.05) is 16.5 Å². The molecule has 0 spiro atoms. The molecule has 0 fully saturated rings. The number of phenolic OH excluding ortho intramolecular Hbond substituents is 1. The lowest BCUT2D eigenvalue weighted by Gasteiger charge is -2.03. The molecular weight excluding hydrogens is 306 g/mol. The zero-order chi connectivity index (χ0) is 16.2. The van der Waals surface area contributed by atoms with Crippen molar-refractivity contribution in [2.75, 3.05) is 5.43 Å². The molecular formula is C18H17N3OS. The molecule has 0 amide bonds. The molecule has 0 atom stereocenters. The van der Waals surface area contributed by atoms with Gasteiger partial charge in [-0.1, -0.05) is 42.0 Å². The molecule has 0 aliphatic heterocycles. The molecule has 2 N–H and O–H groups in total. The Hall–Kier alpha value is -2.66. The monoisotopic (exact) mass is 323 g/mol. The summed E-state index contributed by atoms with van der Waals surface area (Å²) < 4.78 is 0. The number of aromatic nitrogens is 1. The Labute approximate surface area is 139 Å². The molecule has 0 saturated carbocycles. The van der Waals surface area contributed by atoms with Gasteiger partial charge in [-0.15, -0.1) is 11.3 Å². The van der Waals surface area contributed by atoms with Crippen LogP contribution in [0.5, 0.6) is 5.75 Å². The summed E-state index contributed by atoms with van der Waals surface area (Å²) in [7, 11) is 0. The van der Waals surface area contributed by atoms with Gasteiger partial charge in [0.2, 0.25) is 5.13 Å². The summed E-state index contributed by atoms with van der Waals surface area (Å²) in [5, 5.41) is 16.8. The highest BCUT2D eigenvalue weighted by molar-refractivity contribution is 7.14. The van der Waals surface area contributed by atoms with E-state index < -0.39 is 0 Å². The third-order valence-corrected chi connectivity index (χ3v) is 4.21. The highest BCUT2D eigenvalue weighted by Gasteiger charge is 2.06. The minimum atomic E-state index is 0.218. The van der Waals surface area contributed by atoms with Crippen molar-refractivity contribution in [3.05, 3.63) is 65.0 Å². The number of aryl methyl sites for hydroxylation is 1. The number of hydrazone groups is 1. The lowest BCUT2D eigenvalue weighted by atomic mass is 10.1. The van der Waals surface area contributed by atoms with Gasteiger partial charge in [-0.05, 0) is 26.0 Å². The quantitative estimate of drug-likeness (QED) is 0.542. The molecule has 1 heterocycles. The average molecular weight is 323 g/mol. The van der Waals surface area contributed by atoms with Crippen molar-refractivity contribution in [1.82, 2.24) is 4.98 Å². The number of benzene rings is 2. The maximum Gasteiger partial charge on any atom is 0.203 e. The van der Waals surface area contributed by atoms with Crippen molar-refractivity contribution in [1.29, 1.82) is 0 Å². The largest absolute Gasteiger partial charge is 0.507 e. The number of para-hydroxylation sites is 1. The fraction of sp³-hybridized carbons (Fsp3) is 0.111. The molecule has 0 aliphatic rings. The first-order valence-electron chi connectivity index (χ1n) is 7.25. The summed E-state index contributed by atoms with van der Waals surface area (Å²) in [6.45, 7) is 3.91. The molecule has 3 aromatic rings. The molecule has 2 aromatic carbocycles. The smallest absolute Gasteiger partial charge is 0.203 e. The first-order valence-corrected chi connectivity index (χ1v) is 8.12. The molecule has 0 aliphatic carbocycles. The Kier molecular flexibility index (Phi) is 4.39. The predicted molar refractivity (Wildman–Crippen MR) is 96.2 cm³/mol. The van der Waals surface area contributed by atoms with Crippen molar-refractivity contribution < 1.29 is 5.11 Å². The van der Waals surface area contributed by atoms with E-state index in [4.69, 9.17) is 0 Å². The summed E-state index contributed by atoms with van der Waals surface area (Å²) in [4.78, 5) is 4.54. The van der Waals surface area contributed by atoms with E-state index in [1.165, 1.54) is 16.9 Å². The lowest BCUT2D eigenvalue weighted by molar-refractivity contribution is 0.474. The SMILES string of the molecule is C/C(=N/Nc1nc(-c2ccc(C)cc2)cs1)c1ccccc1O. The molecule has 4 nitrogen and oxygen atoms in total. The van der Waals surface area contributed by atoms with Crippen LogP contribution in [0.2, 0.25) is 0 Å². The molecule has 0 bridgehead atoms. The van der Waals surface area contributed by atoms with Crippen molar-refractivity contribution in [2.45, 2.75) is 13.8 Å². The van der Waals surface area contributed by atoms with Crippen LogP contribution < -0.4 is 5.43 Å². The van der Waals surface area contributed by atoms with Gasteiger partial charge >= 0.3 is 0 Å².